The van der Waals surface area contributed by atoms with E-state index in [0.29, 0.717) is 25.2 Å². The van der Waals surface area contributed by atoms with Crippen LogP contribution in [-0.4, -0.2) is 36.4 Å². The molecular formula is C20H23NO5S. The third kappa shape index (κ3) is 4.31. The minimum Gasteiger partial charge on any atom is -0.489 e. The molecule has 0 amide bonds. The maximum absolute atomic E-state index is 12.7. The van der Waals surface area contributed by atoms with E-state index in [9.17, 15) is 18.3 Å². The van der Waals surface area contributed by atoms with Crippen LogP contribution in [0.1, 0.15) is 29.5 Å². The Hall–Kier alpha value is -2.38. The van der Waals surface area contributed by atoms with E-state index in [1.165, 1.54) is 12.1 Å². The third-order valence-electron chi connectivity index (χ3n) is 4.61. The van der Waals surface area contributed by atoms with Crippen molar-refractivity contribution in [2.45, 2.75) is 44.2 Å². The standard InChI is InChI=1S/C20H23NO5S/c1-14-10-15(2)12-16(11-14)13-26-17-5-7-18(8-6-17)27(24,25)21-9-3-4-19(21)20(22)23/h5-8,10-12,19H,3-4,9,13H2,1-2H3,(H,22,23)/t19-/m0/s1. The van der Waals surface area contributed by atoms with Crippen LogP contribution in [-0.2, 0) is 21.4 Å². The van der Waals surface area contributed by atoms with E-state index in [2.05, 4.69) is 6.07 Å². The van der Waals surface area contributed by atoms with Crippen molar-refractivity contribution in [2.24, 2.45) is 0 Å². The number of carbonyl (C=O) groups is 1. The molecule has 0 aliphatic carbocycles. The number of sulfonamides is 1. The second kappa shape index (κ2) is 7.70. The van der Waals surface area contributed by atoms with Crippen molar-refractivity contribution in [3.05, 3.63) is 59.2 Å². The molecule has 1 aliphatic heterocycles. The van der Waals surface area contributed by atoms with Crippen LogP contribution < -0.4 is 4.74 Å². The summed E-state index contributed by atoms with van der Waals surface area (Å²) in [5.74, 6) is -0.547. The normalized spacial score (nSPS) is 17.8. The summed E-state index contributed by atoms with van der Waals surface area (Å²) in [6.07, 6.45) is 0.888. The van der Waals surface area contributed by atoms with Crippen LogP contribution in [0.25, 0.3) is 0 Å². The Balaban J connectivity index is 1.72. The van der Waals surface area contributed by atoms with Gasteiger partial charge in [-0.1, -0.05) is 29.3 Å². The Morgan fingerprint density at radius 3 is 2.37 bits per heavy atom. The van der Waals surface area contributed by atoms with Crippen molar-refractivity contribution in [3.63, 3.8) is 0 Å². The Labute approximate surface area is 159 Å². The Kier molecular flexibility index (Phi) is 5.53. The highest BCUT2D eigenvalue weighted by Gasteiger charge is 2.39. The van der Waals surface area contributed by atoms with Gasteiger partial charge < -0.3 is 9.84 Å². The molecule has 1 aliphatic rings. The summed E-state index contributed by atoms with van der Waals surface area (Å²) in [7, 11) is -3.83. The summed E-state index contributed by atoms with van der Waals surface area (Å²) in [6.45, 7) is 4.67. The summed E-state index contributed by atoms with van der Waals surface area (Å²) in [5.41, 5.74) is 3.37. The van der Waals surface area contributed by atoms with Crippen molar-refractivity contribution >= 4 is 16.0 Å². The quantitative estimate of drug-likeness (QED) is 0.821. The lowest BCUT2D eigenvalue weighted by atomic mass is 10.1. The largest absolute Gasteiger partial charge is 0.489 e. The van der Waals surface area contributed by atoms with Gasteiger partial charge in [-0.25, -0.2) is 8.42 Å². The van der Waals surface area contributed by atoms with E-state index in [1.807, 2.05) is 26.0 Å². The smallest absolute Gasteiger partial charge is 0.322 e. The maximum atomic E-state index is 12.7. The lowest BCUT2D eigenvalue weighted by Gasteiger charge is -2.21. The van der Waals surface area contributed by atoms with Gasteiger partial charge in [0.05, 0.1) is 4.90 Å². The van der Waals surface area contributed by atoms with Crippen LogP contribution in [0, 0.1) is 13.8 Å². The molecule has 6 nitrogen and oxygen atoms in total. The topological polar surface area (TPSA) is 83.9 Å². The summed E-state index contributed by atoms with van der Waals surface area (Å²) >= 11 is 0. The molecule has 144 valence electrons. The molecular weight excluding hydrogens is 366 g/mol. The second-order valence-electron chi connectivity index (χ2n) is 6.87. The molecule has 0 radical (unpaired) electrons. The predicted octanol–water partition coefficient (Wildman–Crippen LogP) is 3.12. The zero-order valence-electron chi connectivity index (χ0n) is 15.4. The van der Waals surface area contributed by atoms with Gasteiger partial charge in [-0.15, -0.1) is 0 Å². The number of hydrogen-bond acceptors (Lipinski definition) is 4. The van der Waals surface area contributed by atoms with Crippen LogP contribution in [0.4, 0.5) is 0 Å². The van der Waals surface area contributed by atoms with Crippen LogP contribution in [0.2, 0.25) is 0 Å². The number of benzene rings is 2. The molecule has 0 spiro atoms. The lowest BCUT2D eigenvalue weighted by molar-refractivity contribution is -0.140. The highest BCUT2D eigenvalue weighted by Crippen LogP contribution is 2.27. The molecule has 0 aromatic heterocycles. The number of hydrogen-bond donors (Lipinski definition) is 1. The molecule has 0 saturated carbocycles. The average Bonchev–Trinajstić information content (AvgIpc) is 3.10. The van der Waals surface area contributed by atoms with Gasteiger partial charge in [0.15, 0.2) is 0 Å². The summed E-state index contributed by atoms with van der Waals surface area (Å²) in [6, 6.07) is 11.3. The molecule has 1 fully saturated rings. The van der Waals surface area contributed by atoms with Gasteiger partial charge in [0, 0.05) is 6.54 Å². The first kappa shape index (κ1) is 19.4. The minimum absolute atomic E-state index is 0.0781. The SMILES string of the molecule is Cc1cc(C)cc(COc2ccc(S(=O)(=O)N3CCC[C@H]3C(=O)O)cc2)c1. The van der Waals surface area contributed by atoms with E-state index >= 15 is 0 Å². The van der Waals surface area contributed by atoms with E-state index in [0.717, 1.165) is 21.0 Å². The van der Waals surface area contributed by atoms with Gasteiger partial charge in [0.25, 0.3) is 0 Å². The molecule has 1 heterocycles. The Morgan fingerprint density at radius 2 is 1.78 bits per heavy atom. The van der Waals surface area contributed by atoms with E-state index < -0.39 is 22.0 Å². The number of aliphatic carboxylic acids is 1. The molecule has 1 N–H and O–H groups in total. The predicted molar refractivity (Wildman–Crippen MR) is 101 cm³/mol. The first-order valence-electron chi connectivity index (χ1n) is 8.82. The summed E-state index contributed by atoms with van der Waals surface area (Å²) < 4.78 is 32.3. The molecule has 0 bridgehead atoms. The minimum atomic E-state index is -3.83. The molecule has 27 heavy (non-hydrogen) atoms. The van der Waals surface area contributed by atoms with Crippen LogP contribution in [0.15, 0.2) is 47.4 Å². The Morgan fingerprint density at radius 1 is 1.15 bits per heavy atom. The number of nitrogens with zero attached hydrogens (tertiary/aromatic N) is 1. The number of aryl methyl sites for hydroxylation is 2. The van der Waals surface area contributed by atoms with E-state index in [1.54, 1.807) is 12.1 Å². The fraction of sp³-hybridized carbons (Fsp3) is 0.350. The van der Waals surface area contributed by atoms with Crippen molar-refractivity contribution < 1.29 is 23.1 Å². The van der Waals surface area contributed by atoms with Gasteiger partial charge >= 0.3 is 5.97 Å². The lowest BCUT2D eigenvalue weighted by Crippen LogP contribution is -2.40. The zero-order valence-corrected chi connectivity index (χ0v) is 16.2. The molecule has 2 aromatic carbocycles. The number of rotatable bonds is 6. The van der Waals surface area contributed by atoms with Gasteiger partial charge in [0.1, 0.15) is 18.4 Å². The number of carboxylic acid groups (broad SMARTS) is 1. The summed E-state index contributed by atoms with van der Waals surface area (Å²) in [4.78, 5) is 11.4. The van der Waals surface area contributed by atoms with Crippen molar-refractivity contribution in [2.75, 3.05) is 6.54 Å². The van der Waals surface area contributed by atoms with Crippen molar-refractivity contribution in [3.8, 4) is 5.75 Å². The van der Waals surface area contributed by atoms with E-state index in [4.69, 9.17) is 4.74 Å². The van der Waals surface area contributed by atoms with Crippen molar-refractivity contribution in [1.82, 2.24) is 4.31 Å². The first-order chi connectivity index (χ1) is 12.8. The number of ether oxygens (including phenoxy) is 1. The van der Waals surface area contributed by atoms with Crippen LogP contribution in [0.5, 0.6) is 5.75 Å². The maximum Gasteiger partial charge on any atom is 0.322 e. The fourth-order valence-electron chi connectivity index (χ4n) is 3.44. The highest BCUT2D eigenvalue weighted by atomic mass is 32.2. The average molecular weight is 389 g/mol. The first-order valence-corrected chi connectivity index (χ1v) is 10.3. The molecule has 0 unspecified atom stereocenters. The van der Waals surface area contributed by atoms with Crippen LogP contribution in [0.3, 0.4) is 0 Å². The van der Waals surface area contributed by atoms with Gasteiger partial charge in [-0.05, 0) is 56.5 Å². The monoisotopic (exact) mass is 389 g/mol. The fourth-order valence-corrected chi connectivity index (χ4v) is 5.09. The van der Waals surface area contributed by atoms with Crippen LogP contribution >= 0.6 is 0 Å². The van der Waals surface area contributed by atoms with Gasteiger partial charge in [0.2, 0.25) is 10.0 Å². The molecule has 3 rings (SSSR count). The molecule has 7 heteroatoms. The Bertz CT molecular complexity index is 917. The number of carboxylic acids is 1. The van der Waals surface area contributed by atoms with E-state index in [-0.39, 0.29) is 11.4 Å². The van der Waals surface area contributed by atoms with Gasteiger partial charge in [-0.3, -0.25) is 4.79 Å². The zero-order chi connectivity index (χ0) is 19.6. The molecule has 1 atom stereocenters. The summed E-state index contributed by atoms with van der Waals surface area (Å²) in [5, 5.41) is 9.23. The third-order valence-corrected chi connectivity index (χ3v) is 6.53. The molecule has 2 aromatic rings. The highest BCUT2D eigenvalue weighted by molar-refractivity contribution is 7.89. The van der Waals surface area contributed by atoms with Crippen molar-refractivity contribution in [1.29, 1.82) is 0 Å². The van der Waals surface area contributed by atoms with Gasteiger partial charge in [-0.2, -0.15) is 4.31 Å². The second-order valence-corrected chi connectivity index (χ2v) is 8.76. The molecule has 1 saturated heterocycles.